The molecule has 3 rings (SSSR count). The van der Waals surface area contributed by atoms with Crippen LogP contribution >= 0.6 is 0 Å². The number of ether oxygens (including phenoxy) is 1. The van der Waals surface area contributed by atoms with Gasteiger partial charge in [0.2, 0.25) is 0 Å². The lowest BCUT2D eigenvalue weighted by atomic mass is 10.1. The van der Waals surface area contributed by atoms with Gasteiger partial charge >= 0.3 is 0 Å². The molecule has 0 fully saturated rings. The molecule has 1 heterocycles. The number of benzene rings is 2. The second-order valence-corrected chi connectivity index (χ2v) is 7.43. The van der Waals surface area contributed by atoms with E-state index in [1.165, 1.54) is 18.2 Å². The van der Waals surface area contributed by atoms with Crippen molar-refractivity contribution >= 4 is 27.5 Å². The van der Waals surface area contributed by atoms with Gasteiger partial charge < -0.3 is 10.1 Å². The molecule has 0 aromatic heterocycles. The lowest BCUT2D eigenvalue weighted by molar-refractivity contribution is 0.0875. The summed E-state index contributed by atoms with van der Waals surface area (Å²) in [4.78, 5) is 24.4. The van der Waals surface area contributed by atoms with Gasteiger partial charge in [0.05, 0.1) is 12.2 Å². The van der Waals surface area contributed by atoms with Gasteiger partial charge in [0.1, 0.15) is 10.6 Å². The first-order chi connectivity index (χ1) is 12.4. The molecule has 0 bridgehead atoms. The van der Waals surface area contributed by atoms with Gasteiger partial charge in [0.15, 0.2) is 0 Å². The minimum Gasteiger partial charge on any atom is -0.494 e. The van der Waals surface area contributed by atoms with Gasteiger partial charge in [0, 0.05) is 17.8 Å². The molecule has 136 valence electrons. The van der Waals surface area contributed by atoms with E-state index in [1.54, 1.807) is 31.2 Å². The number of nitrogens with one attached hydrogen (secondary N) is 1. The first-order valence-corrected chi connectivity index (χ1v) is 9.57. The lowest BCUT2D eigenvalue weighted by Gasteiger charge is -2.11. The maximum Gasteiger partial charge on any atom is 0.268 e. The van der Waals surface area contributed by atoms with Crippen LogP contribution in [0.4, 0.5) is 5.69 Å². The molecule has 0 atom stereocenters. The number of sulfonamides is 1. The fraction of sp³-hybridized carbons (Fsp3) is 0.222. The van der Waals surface area contributed by atoms with Crippen LogP contribution in [0.1, 0.15) is 34.6 Å². The Labute approximate surface area is 151 Å². The van der Waals surface area contributed by atoms with E-state index in [1.807, 2.05) is 6.92 Å². The molecule has 1 aliphatic rings. The Hall–Kier alpha value is -2.87. The molecule has 0 radical (unpaired) electrons. The minimum absolute atomic E-state index is 0.0452. The van der Waals surface area contributed by atoms with Gasteiger partial charge in [-0.3, -0.25) is 9.59 Å². The van der Waals surface area contributed by atoms with Crippen LogP contribution in [0.3, 0.4) is 0 Å². The summed E-state index contributed by atoms with van der Waals surface area (Å²) in [5.41, 5.74) is 0.796. The highest BCUT2D eigenvalue weighted by Crippen LogP contribution is 2.31. The highest BCUT2D eigenvalue weighted by Gasteiger charge is 2.40. The van der Waals surface area contributed by atoms with Crippen molar-refractivity contribution in [3.63, 3.8) is 0 Å². The summed E-state index contributed by atoms with van der Waals surface area (Å²) in [6.45, 7) is 4.05. The van der Waals surface area contributed by atoms with Gasteiger partial charge in [-0.25, -0.2) is 12.7 Å². The fourth-order valence-electron chi connectivity index (χ4n) is 2.73. The zero-order valence-corrected chi connectivity index (χ0v) is 15.2. The Morgan fingerprint density at radius 1 is 1.12 bits per heavy atom. The standard InChI is InChI=1S/C18H18N2O5S/c1-3-20-18(22)15-10-5-12(11-16(15)26(20,23)24)17(21)19-13-6-8-14(9-7-13)25-4-2/h5-11H,3-4H2,1-2H3,(H,19,21). The highest BCUT2D eigenvalue weighted by atomic mass is 32.2. The Morgan fingerprint density at radius 2 is 1.81 bits per heavy atom. The van der Waals surface area contributed by atoms with Crippen molar-refractivity contribution in [3.05, 3.63) is 53.6 Å². The molecule has 8 heteroatoms. The van der Waals surface area contributed by atoms with Crippen molar-refractivity contribution in [2.75, 3.05) is 18.5 Å². The monoisotopic (exact) mass is 374 g/mol. The van der Waals surface area contributed by atoms with E-state index in [-0.39, 0.29) is 22.6 Å². The Kier molecular flexibility index (Phi) is 4.69. The van der Waals surface area contributed by atoms with E-state index >= 15 is 0 Å². The van der Waals surface area contributed by atoms with E-state index in [4.69, 9.17) is 4.74 Å². The van der Waals surface area contributed by atoms with E-state index in [0.29, 0.717) is 18.0 Å². The van der Waals surface area contributed by atoms with Gasteiger partial charge in [-0.15, -0.1) is 0 Å². The molecular formula is C18H18N2O5S. The summed E-state index contributed by atoms with van der Waals surface area (Å²) < 4.78 is 31.0. The third-order valence-electron chi connectivity index (χ3n) is 3.98. The quantitative estimate of drug-likeness (QED) is 0.868. The van der Waals surface area contributed by atoms with Gasteiger partial charge in [-0.05, 0) is 56.3 Å². The molecule has 1 N–H and O–H groups in total. The van der Waals surface area contributed by atoms with E-state index in [0.717, 1.165) is 4.31 Å². The predicted molar refractivity (Wildman–Crippen MR) is 95.9 cm³/mol. The number of hydrogen-bond donors (Lipinski definition) is 1. The van der Waals surface area contributed by atoms with Gasteiger partial charge in [-0.1, -0.05) is 0 Å². The molecule has 2 aromatic rings. The molecule has 0 aliphatic carbocycles. The molecule has 0 unspecified atom stereocenters. The average molecular weight is 374 g/mol. The van der Waals surface area contributed by atoms with Crippen molar-refractivity contribution < 1.29 is 22.7 Å². The van der Waals surface area contributed by atoms with Crippen LogP contribution in [0.25, 0.3) is 0 Å². The largest absolute Gasteiger partial charge is 0.494 e. The first-order valence-electron chi connectivity index (χ1n) is 8.13. The van der Waals surface area contributed by atoms with Crippen LogP contribution in [-0.2, 0) is 10.0 Å². The zero-order valence-electron chi connectivity index (χ0n) is 14.4. The molecule has 0 saturated carbocycles. The van der Waals surface area contributed by atoms with Crippen LogP contribution < -0.4 is 10.1 Å². The number of nitrogens with zero attached hydrogens (tertiary/aromatic N) is 1. The molecule has 2 aromatic carbocycles. The highest BCUT2D eigenvalue weighted by molar-refractivity contribution is 7.90. The number of carbonyl (C=O) groups is 2. The maximum atomic E-state index is 12.4. The summed E-state index contributed by atoms with van der Waals surface area (Å²) in [6, 6.07) is 10.9. The fourth-order valence-corrected chi connectivity index (χ4v) is 4.34. The third-order valence-corrected chi connectivity index (χ3v) is 5.88. The first kappa shape index (κ1) is 17.9. The Bertz CT molecular complexity index is 968. The van der Waals surface area contributed by atoms with Crippen molar-refractivity contribution in [1.29, 1.82) is 0 Å². The second kappa shape index (κ2) is 6.80. The molecule has 26 heavy (non-hydrogen) atoms. The molecule has 0 spiro atoms. The van der Waals surface area contributed by atoms with Crippen LogP contribution in [0.15, 0.2) is 47.4 Å². The molecular weight excluding hydrogens is 356 g/mol. The second-order valence-electron chi connectivity index (χ2n) is 5.60. The topological polar surface area (TPSA) is 92.8 Å². The maximum absolute atomic E-state index is 12.4. The summed E-state index contributed by atoms with van der Waals surface area (Å²) in [5.74, 6) is -0.345. The SMILES string of the molecule is CCOc1ccc(NC(=O)c2ccc3c(c2)S(=O)(=O)N(CC)C3=O)cc1. The number of amides is 2. The van der Waals surface area contributed by atoms with Crippen LogP contribution in [0.2, 0.25) is 0 Å². The molecule has 7 nitrogen and oxygen atoms in total. The van der Waals surface area contributed by atoms with Crippen LogP contribution in [-0.4, -0.2) is 37.7 Å². The molecule has 1 aliphatic heterocycles. The molecule has 0 saturated heterocycles. The number of rotatable bonds is 5. The van der Waals surface area contributed by atoms with Crippen LogP contribution in [0, 0.1) is 0 Å². The summed E-state index contributed by atoms with van der Waals surface area (Å²) in [5, 5.41) is 2.69. The summed E-state index contributed by atoms with van der Waals surface area (Å²) >= 11 is 0. The van der Waals surface area contributed by atoms with Crippen molar-refractivity contribution in [1.82, 2.24) is 4.31 Å². The molecule has 2 amide bonds. The van der Waals surface area contributed by atoms with Crippen molar-refractivity contribution in [2.24, 2.45) is 0 Å². The average Bonchev–Trinajstić information content (AvgIpc) is 2.82. The predicted octanol–water partition coefficient (Wildman–Crippen LogP) is 2.50. The van der Waals surface area contributed by atoms with E-state index in [9.17, 15) is 18.0 Å². The van der Waals surface area contributed by atoms with Crippen molar-refractivity contribution in [3.8, 4) is 5.75 Å². The van der Waals surface area contributed by atoms with Gasteiger partial charge in [-0.2, -0.15) is 0 Å². The lowest BCUT2D eigenvalue weighted by Crippen LogP contribution is -2.29. The number of carbonyl (C=O) groups excluding carboxylic acids is 2. The summed E-state index contributed by atoms with van der Waals surface area (Å²) in [7, 11) is -3.90. The third kappa shape index (κ3) is 3.03. The number of fused-ring (bicyclic) bond motifs is 1. The zero-order chi connectivity index (χ0) is 18.9. The Balaban J connectivity index is 1.85. The smallest absolute Gasteiger partial charge is 0.268 e. The summed E-state index contributed by atoms with van der Waals surface area (Å²) in [6.07, 6.45) is 0. The van der Waals surface area contributed by atoms with Gasteiger partial charge in [0.25, 0.3) is 21.8 Å². The normalized spacial score (nSPS) is 14.8. The Morgan fingerprint density at radius 3 is 2.42 bits per heavy atom. The number of hydrogen-bond acceptors (Lipinski definition) is 5. The number of anilines is 1. The minimum atomic E-state index is -3.90. The van der Waals surface area contributed by atoms with Crippen molar-refractivity contribution in [2.45, 2.75) is 18.7 Å². The van der Waals surface area contributed by atoms with E-state index < -0.39 is 21.8 Å². The van der Waals surface area contributed by atoms with Crippen LogP contribution in [0.5, 0.6) is 5.75 Å². The van der Waals surface area contributed by atoms with E-state index in [2.05, 4.69) is 5.32 Å².